The molecule has 0 fully saturated rings. The Kier molecular flexibility index (Phi) is 7.13. The Bertz CT molecular complexity index is 825. The molecule has 0 atom stereocenters. The quantitative estimate of drug-likeness (QED) is 0.669. The highest BCUT2D eigenvalue weighted by Crippen LogP contribution is 2.30. The average molecular weight is 387 g/mol. The number of para-hydroxylation sites is 1. The Morgan fingerprint density at radius 3 is 2.30 bits per heavy atom. The molecule has 7 nitrogen and oxygen atoms in total. The molecule has 0 aliphatic rings. The van der Waals surface area contributed by atoms with Crippen LogP contribution in [0.25, 0.3) is 0 Å². The summed E-state index contributed by atoms with van der Waals surface area (Å²) in [7, 11) is 1.24. The minimum absolute atomic E-state index is 0.0404. The Balaban J connectivity index is 2.24. The molecule has 0 heterocycles. The molecule has 2 rings (SSSR count). The lowest BCUT2D eigenvalue weighted by atomic mass is 10.2. The van der Waals surface area contributed by atoms with Crippen LogP contribution in [0.15, 0.2) is 48.5 Å². The van der Waals surface area contributed by atoms with Crippen molar-refractivity contribution < 1.29 is 19.1 Å². The molecule has 0 saturated heterocycles. The van der Waals surface area contributed by atoms with Crippen LogP contribution in [0, 0.1) is 5.92 Å². The summed E-state index contributed by atoms with van der Waals surface area (Å²) < 4.78 is 10.3. The van der Waals surface area contributed by atoms with Gasteiger partial charge >= 0.3 is 6.09 Å². The zero-order valence-electron chi connectivity index (χ0n) is 15.2. The van der Waals surface area contributed by atoms with E-state index >= 15 is 0 Å². The zero-order valence-corrected chi connectivity index (χ0v) is 16.1. The largest absolute Gasteiger partial charge is 0.457 e. The van der Waals surface area contributed by atoms with Crippen LogP contribution in [0.4, 0.5) is 16.2 Å². The lowest BCUT2D eigenvalue weighted by molar-refractivity contribution is -0.118. The highest BCUT2D eigenvalue weighted by atomic mass is 32.1. The fourth-order valence-corrected chi connectivity index (χ4v) is 2.19. The molecule has 8 heteroatoms. The number of nitrogens with one attached hydrogen (secondary N) is 3. The van der Waals surface area contributed by atoms with E-state index in [9.17, 15) is 9.59 Å². The van der Waals surface area contributed by atoms with E-state index < -0.39 is 6.09 Å². The van der Waals surface area contributed by atoms with Gasteiger partial charge in [0.2, 0.25) is 5.91 Å². The van der Waals surface area contributed by atoms with Gasteiger partial charge in [-0.2, -0.15) is 0 Å². The highest BCUT2D eigenvalue weighted by Gasteiger charge is 2.13. The van der Waals surface area contributed by atoms with E-state index in [2.05, 4.69) is 20.7 Å². The SMILES string of the molecule is COC(=O)NC(=S)Nc1ccc(Oc2ccccc2)cc1NC(=O)C(C)C. The van der Waals surface area contributed by atoms with Gasteiger partial charge in [0.05, 0.1) is 18.5 Å². The van der Waals surface area contributed by atoms with Gasteiger partial charge in [0.15, 0.2) is 5.11 Å². The van der Waals surface area contributed by atoms with Gasteiger partial charge in [0.1, 0.15) is 11.5 Å². The fourth-order valence-electron chi connectivity index (χ4n) is 2.00. The number of carbonyl (C=O) groups excluding carboxylic acids is 2. The number of carbonyl (C=O) groups is 2. The molecular weight excluding hydrogens is 366 g/mol. The minimum Gasteiger partial charge on any atom is -0.457 e. The lowest BCUT2D eigenvalue weighted by Gasteiger charge is -2.16. The summed E-state index contributed by atoms with van der Waals surface area (Å²) in [6, 6.07) is 14.4. The van der Waals surface area contributed by atoms with Crippen molar-refractivity contribution in [1.29, 1.82) is 0 Å². The number of hydrogen-bond donors (Lipinski definition) is 3. The molecule has 0 spiro atoms. The minimum atomic E-state index is -0.690. The maximum atomic E-state index is 12.1. The van der Waals surface area contributed by atoms with E-state index in [1.165, 1.54) is 7.11 Å². The second kappa shape index (κ2) is 9.54. The van der Waals surface area contributed by atoms with Crippen LogP contribution < -0.4 is 20.7 Å². The lowest BCUT2D eigenvalue weighted by Crippen LogP contribution is -2.34. The first kappa shape index (κ1) is 20.2. The topological polar surface area (TPSA) is 88.7 Å². The molecule has 3 N–H and O–H groups in total. The van der Waals surface area contributed by atoms with Crippen LogP contribution in [-0.2, 0) is 9.53 Å². The van der Waals surface area contributed by atoms with Gasteiger partial charge in [-0.3, -0.25) is 10.1 Å². The number of ether oxygens (including phenoxy) is 2. The predicted octanol–water partition coefficient (Wildman–Crippen LogP) is 4.13. The third kappa shape index (κ3) is 6.27. The van der Waals surface area contributed by atoms with Crippen molar-refractivity contribution in [3.63, 3.8) is 0 Å². The van der Waals surface area contributed by atoms with E-state index in [0.717, 1.165) is 0 Å². The van der Waals surface area contributed by atoms with Gasteiger partial charge in [0, 0.05) is 12.0 Å². The van der Waals surface area contributed by atoms with Gasteiger partial charge in [-0.05, 0) is 36.5 Å². The smallest absolute Gasteiger partial charge is 0.413 e. The van der Waals surface area contributed by atoms with Crippen LogP contribution in [-0.4, -0.2) is 24.2 Å². The van der Waals surface area contributed by atoms with Gasteiger partial charge in [0.25, 0.3) is 0 Å². The standard InChI is InChI=1S/C19H21N3O4S/c1-12(2)17(23)20-16-11-14(26-13-7-5-4-6-8-13)9-10-15(16)21-18(27)22-19(24)25-3/h4-12H,1-3H3,(H,20,23)(H2,21,22,24,27). The van der Waals surface area contributed by atoms with Crippen molar-refractivity contribution in [1.82, 2.24) is 5.32 Å². The number of amides is 2. The summed E-state index contributed by atoms with van der Waals surface area (Å²) in [5, 5.41) is 8.08. The first-order valence-electron chi connectivity index (χ1n) is 8.23. The van der Waals surface area contributed by atoms with Gasteiger partial charge in [-0.25, -0.2) is 4.79 Å². The Hall–Kier alpha value is -3.13. The number of rotatable bonds is 5. The highest BCUT2D eigenvalue weighted by molar-refractivity contribution is 7.80. The van der Waals surface area contributed by atoms with E-state index in [-0.39, 0.29) is 16.9 Å². The Labute approximate surface area is 163 Å². The Morgan fingerprint density at radius 1 is 0.963 bits per heavy atom. The van der Waals surface area contributed by atoms with E-state index in [4.69, 9.17) is 17.0 Å². The summed E-state index contributed by atoms with van der Waals surface area (Å²) in [5.41, 5.74) is 0.974. The van der Waals surface area contributed by atoms with Crippen LogP contribution in [0.3, 0.4) is 0 Å². The van der Waals surface area contributed by atoms with Crippen LogP contribution in [0.1, 0.15) is 13.8 Å². The number of benzene rings is 2. The van der Waals surface area contributed by atoms with Crippen LogP contribution >= 0.6 is 12.2 Å². The first-order valence-corrected chi connectivity index (χ1v) is 8.63. The molecule has 2 aromatic rings. The molecule has 27 heavy (non-hydrogen) atoms. The number of thiocarbonyl (C=S) groups is 1. The summed E-state index contributed by atoms with van der Waals surface area (Å²) in [6.45, 7) is 3.58. The van der Waals surface area contributed by atoms with Gasteiger partial charge < -0.3 is 20.1 Å². The molecule has 0 aliphatic carbocycles. The van der Waals surface area contributed by atoms with Crippen molar-refractivity contribution in [3.05, 3.63) is 48.5 Å². The van der Waals surface area contributed by atoms with Crippen LogP contribution in [0.2, 0.25) is 0 Å². The molecule has 0 unspecified atom stereocenters. The Morgan fingerprint density at radius 2 is 1.67 bits per heavy atom. The van der Waals surface area contributed by atoms with Crippen LogP contribution in [0.5, 0.6) is 11.5 Å². The van der Waals surface area contributed by atoms with E-state index in [1.54, 1.807) is 32.0 Å². The number of hydrogen-bond acceptors (Lipinski definition) is 5. The van der Waals surface area contributed by atoms with Crippen molar-refractivity contribution in [3.8, 4) is 11.5 Å². The third-order valence-corrected chi connectivity index (χ3v) is 3.61. The average Bonchev–Trinajstić information content (AvgIpc) is 2.64. The van der Waals surface area contributed by atoms with E-state index in [1.807, 2.05) is 30.3 Å². The summed E-state index contributed by atoms with van der Waals surface area (Å²) in [5.74, 6) is 0.832. The van der Waals surface area contributed by atoms with E-state index in [0.29, 0.717) is 22.9 Å². The molecule has 0 radical (unpaired) electrons. The normalized spacial score (nSPS) is 10.1. The van der Waals surface area contributed by atoms with Crippen molar-refractivity contribution >= 4 is 40.7 Å². The monoisotopic (exact) mass is 387 g/mol. The summed E-state index contributed by atoms with van der Waals surface area (Å²) in [6.07, 6.45) is -0.690. The molecule has 2 amide bonds. The second-order valence-electron chi connectivity index (χ2n) is 5.84. The number of methoxy groups -OCH3 is 1. The second-order valence-corrected chi connectivity index (χ2v) is 6.25. The molecule has 0 bridgehead atoms. The van der Waals surface area contributed by atoms with Crippen molar-refractivity contribution in [2.75, 3.05) is 17.7 Å². The first-order chi connectivity index (χ1) is 12.9. The number of anilines is 2. The van der Waals surface area contributed by atoms with Crippen molar-refractivity contribution in [2.45, 2.75) is 13.8 Å². The molecular formula is C19H21N3O4S. The molecule has 0 saturated carbocycles. The fraction of sp³-hybridized carbons (Fsp3) is 0.211. The summed E-state index contributed by atoms with van der Waals surface area (Å²) in [4.78, 5) is 23.4. The molecule has 2 aromatic carbocycles. The summed E-state index contributed by atoms with van der Waals surface area (Å²) >= 11 is 5.07. The van der Waals surface area contributed by atoms with Crippen molar-refractivity contribution in [2.24, 2.45) is 5.92 Å². The maximum absolute atomic E-state index is 12.1. The zero-order chi connectivity index (χ0) is 19.8. The molecule has 142 valence electrons. The predicted molar refractivity (Wildman–Crippen MR) is 108 cm³/mol. The van der Waals surface area contributed by atoms with Gasteiger partial charge in [-0.1, -0.05) is 32.0 Å². The number of alkyl carbamates (subject to hydrolysis) is 1. The molecule has 0 aliphatic heterocycles. The maximum Gasteiger partial charge on any atom is 0.413 e. The third-order valence-electron chi connectivity index (χ3n) is 3.40. The van der Waals surface area contributed by atoms with Gasteiger partial charge in [-0.15, -0.1) is 0 Å². The molecule has 0 aromatic heterocycles.